The lowest BCUT2D eigenvalue weighted by Crippen LogP contribution is -2.29. The minimum Gasteiger partial charge on any atom is -0.423 e. The first-order valence-corrected chi connectivity index (χ1v) is 5.52. The van der Waals surface area contributed by atoms with Gasteiger partial charge in [-0.3, -0.25) is 0 Å². The third-order valence-electron chi connectivity index (χ3n) is 1.72. The van der Waals surface area contributed by atoms with Crippen LogP contribution in [0, 0.1) is 0 Å². The molecule has 0 amide bonds. The number of rotatable bonds is 2. The van der Waals surface area contributed by atoms with E-state index in [4.69, 9.17) is 10.0 Å². The summed E-state index contributed by atoms with van der Waals surface area (Å²) in [5.74, 6) is 0. The molecule has 2 nitrogen and oxygen atoms in total. The Kier molecular flexibility index (Phi) is 2.50. The van der Waals surface area contributed by atoms with Crippen molar-refractivity contribution in [2.24, 2.45) is 0 Å². The van der Waals surface area contributed by atoms with E-state index in [1.807, 2.05) is 22.9 Å². The van der Waals surface area contributed by atoms with Crippen molar-refractivity contribution >= 4 is 35.3 Å². The monoisotopic (exact) mass is 210 g/mol. The van der Waals surface area contributed by atoms with E-state index in [0.29, 0.717) is 5.46 Å². The topological polar surface area (TPSA) is 40.5 Å². The Hall–Kier alpha value is -0.615. The summed E-state index contributed by atoms with van der Waals surface area (Å²) in [5.41, 5.74) is 0.590. The lowest BCUT2D eigenvalue weighted by molar-refractivity contribution is 0.426. The summed E-state index contributed by atoms with van der Waals surface area (Å²) in [6.45, 7) is 0. The Balaban J connectivity index is 2.46. The second kappa shape index (κ2) is 3.63. The van der Waals surface area contributed by atoms with Gasteiger partial charge in [0.15, 0.2) is 0 Å². The third kappa shape index (κ3) is 1.69. The van der Waals surface area contributed by atoms with Gasteiger partial charge in [0.25, 0.3) is 0 Å². The van der Waals surface area contributed by atoms with E-state index in [-0.39, 0.29) is 0 Å². The van der Waals surface area contributed by atoms with Gasteiger partial charge >= 0.3 is 7.12 Å². The zero-order chi connectivity index (χ0) is 9.26. The molecule has 0 unspecified atom stereocenters. The fourth-order valence-electron chi connectivity index (χ4n) is 1.13. The van der Waals surface area contributed by atoms with E-state index in [1.54, 1.807) is 17.4 Å². The maximum atomic E-state index is 9.06. The van der Waals surface area contributed by atoms with Crippen LogP contribution in [-0.4, -0.2) is 17.2 Å². The zero-order valence-corrected chi connectivity index (χ0v) is 8.31. The van der Waals surface area contributed by atoms with E-state index in [0.717, 1.165) is 9.75 Å². The molecule has 0 fully saturated rings. The Morgan fingerprint density at radius 1 is 1.08 bits per heavy atom. The summed E-state index contributed by atoms with van der Waals surface area (Å²) in [6, 6.07) is 5.67. The van der Waals surface area contributed by atoms with Gasteiger partial charge in [-0.15, -0.1) is 22.7 Å². The number of hydrogen-bond acceptors (Lipinski definition) is 4. The molecule has 0 bridgehead atoms. The van der Waals surface area contributed by atoms with Gasteiger partial charge in [-0.25, -0.2) is 0 Å². The molecule has 2 rings (SSSR count). The van der Waals surface area contributed by atoms with E-state index in [2.05, 4.69) is 0 Å². The van der Waals surface area contributed by atoms with Crippen LogP contribution < -0.4 is 5.46 Å². The molecule has 2 heterocycles. The molecule has 66 valence electrons. The van der Waals surface area contributed by atoms with E-state index >= 15 is 0 Å². The van der Waals surface area contributed by atoms with Crippen LogP contribution in [0.1, 0.15) is 0 Å². The van der Waals surface area contributed by atoms with Crippen LogP contribution in [0.3, 0.4) is 0 Å². The molecule has 13 heavy (non-hydrogen) atoms. The Labute approximate surface area is 84.3 Å². The fourth-order valence-corrected chi connectivity index (χ4v) is 2.95. The Bertz CT molecular complexity index is 381. The summed E-state index contributed by atoms with van der Waals surface area (Å²) < 4.78 is 0. The molecule has 2 aromatic rings. The highest BCUT2D eigenvalue weighted by Crippen LogP contribution is 2.27. The Morgan fingerprint density at radius 2 is 1.92 bits per heavy atom. The van der Waals surface area contributed by atoms with Crippen molar-refractivity contribution in [1.29, 1.82) is 0 Å². The maximum absolute atomic E-state index is 9.06. The summed E-state index contributed by atoms with van der Waals surface area (Å²) in [6.07, 6.45) is 0. The van der Waals surface area contributed by atoms with Crippen LogP contribution >= 0.6 is 22.7 Å². The van der Waals surface area contributed by atoms with Crippen LogP contribution in [0.5, 0.6) is 0 Å². The number of hydrogen-bond donors (Lipinski definition) is 2. The quantitative estimate of drug-likeness (QED) is 0.730. The molecule has 0 atom stereocenters. The zero-order valence-electron chi connectivity index (χ0n) is 6.68. The molecule has 5 heteroatoms. The van der Waals surface area contributed by atoms with Gasteiger partial charge in [0.1, 0.15) is 0 Å². The van der Waals surface area contributed by atoms with Gasteiger partial charge in [0.2, 0.25) is 0 Å². The van der Waals surface area contributed by atoms with Crippen molar-refractivity contribution in [3.63, 3.8) is 0 Å². The average Bonchev–Trinajstić information content (AvgIpc) is 2.74. The average molecular weight is 210 g/mol. The molecule has 0 aliphatic heterocycles. The van der Waals surface area contributed by atoms with Crippen LogP contribution in [0.25, 0.3) is 9.75 Å². The second-order valence-corrected chi connectivity index (χ2v) is 4.42. The molecular formula is C8H7BO2S2. The second-order valence-electron chi connectivity index (χ2n) is 2.56. The largest absolute Gasteiger partial charge is 0.489 e. The minimum atomic E-state index is -1.37. The summed E-state index contributed by atoms with van der Waals surface area (Å²) >= 11 is 3.13. The van der Waals surface area contributed by atoms with Crippen LogP contribution in [0.15, 0.2) is 29.0 Å². The summed E-state index contributed by atoms with van der Waals surface area (Å²) in [7, 11) is -1.37. The predicted molar refractivity (Wildman–Crippen MR) is 57.5 cm³/mol. The van der Waals surface area contributed by atoms with Gasteiger partial charge in [0.05, 0.1) is 0 Å². The molecule has 2 N–H and O–H groups in total. The first kappa shape index (κ1) is 8.96. The minimum absolute atomic E-state index is 0.590. The van der Waals surface area contributed by atoms with Gasteiger partial charge in [-0.2, -0.15) is 0 Å². The molecule has 0 aliphatic rings. The van der Waals surface area contributed by atoms with Crippen molar-refractivity contribution in [3.8, 4) is 9.75 Å². The molecular weight excluding hydrogens is 203 g/mol. The normalized spacial score (nSPS) is 10.3. The van der Waals surface area contributed by atoms with E-state index in [9.17, 15) is 0 Å². The first-order chi connectivity index (χ1) is 6.29. The predicted octanol–water partition coefficient (Wildman–Crippen LogP) is 1.16. The molecule has 0 saturated heterocycles. The third-order valence-corrected chi connectivity index (χ3v) is 3.70. The van der Waals surface area contributed by atoms with Gasteiger partial charge in [-0.1, -0.05) is 12.1 Å². The van der Waals surface area contributed by atoms with Crippen molar-refractivity contribution < 1.29 is 10.0 Å². The van der Waals surface area contributed by atoms with Crippen LogP contribution in [-0.2, 0) is 0 Å². The fraction of sp³-hybridized carbons (Fsp3) is 0. The van der Waals surface area contributed by atoms with Gasteiger partial charge < -0.3 is 10.0 Å². The highest BCUT2D eigenvalue weighted by molar-refractivity contribution is 7.21. The molecule has 0 aliphatic carbocycles. The van der Waals surface area contributed by atoms with E-state index in [1.165, 1.54) is 11.3 Å². The number of thiophene rings is 2. The van der Waals surface area contributed by atoms with Crippen LogP contribution in [0.2, 0.25) is 0 Å². The van der Waals surface area contributed by atoms with Crippen LogP contribution in [0.4, 0.5) is 0 Å². The molecule has 2 aromatic heterocycles. The SMILES string of the molecule is OB(O)c1ccsc1-c1cccs1. The highest BCUT2D eigenvalue weighted by atomic mass is 32.1. The van der Waals surface area contributed by atoms with Gasteiger partial charge in [-0.05, 0) is 16.8 Å². The smallest absolute Gasteiger partial charge is 0.423 e. The van der Waals surface area contributed by atoms with Crippen molar-refractivity contribution in [2.45, 2.75) is 0 Å². The summed E-state index contributed by atoms with van der Waals surface area (Å²) in [5, 5.41) is 22.0. The molecule has 0 aromatic carbocycles. The summed E-state index contributed by atoms with van der Waals surface area (Å²) in [4.78, 5) is 2.03. The van der Waals surface area contributed by atoms with Crippen molar-refractivity contribution in [1.82, 2.24) is 0 Å². The maximum Gasteiger partial charge on any atom is 0.489 e. The molecule has 0 saturated carbocycles. The molecule has 0 spiro atoms. The van der Waals surface area contributed by atoms with Crippen molar-refractivity contribution in [2.75, 3.05) is 0 Å². The first-order valence-electron chi connectivity index (χ1n) is 3.76. The standard InChI is InChI=1S/C8H7BO2S2/c10-9(11)6-3-5-13-8(6)7-2-1-4-12-7/h1-5,10-11H. The Morgan fingerprint density at radius 3 is 2.54 bits per heavy atom. The lowest BCUT2D eigenvalue weighted by Gasteiger charge is -1.98. The van der Waals surface area contributed by atoms with Crippen molar-refractivity contribution in [3.05, 3.63) is 29.0 Å². The lowest BCUT2D eigenvalue weighted by atomic mass is 9.80. The molecule has 0 radical (unpaired) electrons. The highest BCUT2D eigenvalue weighted by Gasteiger charge is 2.18. The van der Waals surface area contributed by atoms with Gasteiger partial charge in [0, 0.05) is 15.2 Å². The van der Waals surface area contributed by atoms with E-state index < -0.39 is 7.12 Å².